The summed E-state index contributed by atoms with van der Waals surface area (Å²) in [6.45, 7) is 0.561. The number of rotatable bonds is 1. The predicted molar refractivity (Wildman–Crippen MR) is 54.2 cm³/mol. The van der Waals surface area contributed by atoms with Crippen LogP contribution in [0.15, 0.2) is 24.3 Å². The Morgan fingerprint density at radius 1 is 1.25 bits per heavy atom. The third-order valence-corrected chi connectivity index (χ3v) is 1.19. The van der Waals surface area contributed by atoms with Gasteiger partial charge in [-0.1, -0.05) is 29.7 Å². The first kappa shape index (κ1) is 17.5. The Morgan fingerprint density at radius 3 is 2.17 bits per heavy atom. The molecule has 68 valence electrons. The van der Waals surface area contributed by atoms with E-state index in [1.807, 2.05) is 24.3 Å². The number of hydrogen-bond donors (Lipinski definition) is 1. The standard InChI is InChI=1S/C7H8BN.ClH.2H2O/c8-7-3-1-2-6(4-7)5-9;;;/h1-4H,5,9H2;1H;2*1H2. The zero-order chi connectivity index (χ0) is 6.69. The summed E-state index contributed by atoms with van der Waals surface area (Å²) in [4.78, 5) is 0. The van der Waals surface area contributed by atoms with E-state index in [0.717, 1.165) is 11.0 Å². The van der Waals surface area contributed by atoms with Crippen molar-refractivity contribution in [1.29, 1.82) is 0 Å². The molecule has 0 aliphatic carbocycles. The minimum Gasteiger partial charge on any atom is -0.412 e. The molecule has 0 saturated heterocycles. The number of halogens is 1. The molecule has 0 saturated carbocycles. The summed E-state index contributed by atoms with van der Waals surface area (Å²) >= 11 is 0. The van der Waals surface area contributed by atoms with Crippen LogP contribution >= 0.6 is 12.4 Å². The van der Waals surface area contributed by atoms with Gasteiger partial charge in [0, 0.05) is 6.54 Å². The molecule has 1 aromatic carbocycles. The third kappa shape index (κ3) is 5.15. The van der Waals surface area contributed by atoms with E-state index in [4.69, 9.17) is 13.6 Å². The Kier molecular flexibility index (Phi) is 12.5. The normalized spacial score (nSPS) is 7.08. The van der Waals surface area contributed by atoms with Gasteiger partial charge in [0.2, 0.25) is 0 Å². The van der Waals surface area contributed by atoms with E-state index in [2.05, 4.69) is 0 Å². The van der Waals surface area contributed by atoms with Gasteiger partial charge in [0.15, 0.2) is 0 Å². The van der Waals surface area contributed by atoms with Crippen molar-refractivity contribution < 1.29 is 11.0 Å². The molecule has 1 rings (SSSR count). The summed E-state index contributed by atoms with van der Waals surface area (Å²) in [5.41, 5.74) is 7.22. The lowest BCUT2D eigenvalue weighted by atomic mass is 9.95. The van der Waals surface area contributed by atoms with Crippen LogP contribution in [0.1, 0.15) is 5.56 Å². The summed E-state index contributed by atoms with van der Waals surface area (Å²) in [5.74, 6) is 0. The molecule has 0 unspecified atom stereocenters. The fourth-order valence-corrected chi connectivity index (χ4v) is 0.720. The van der Waals surface area contributed by atoms with Crippen LogP contribution in [0.4, 0.5) is 0 Å². The van der Waals surface area contributed by atoms with E-state index >= 15 is 0 Å². The van der Waals surface area contributed by atoms with E-state index in [1.165, 1.54) is 0 Å². The van der Waals surface area contributed by atoms with Crippen LogP contribution in [-0.2, 0) is 6.54 Å². The summed E-state index contributed by atoms with van der Waals surface area (Å²) in [6, 6.07) is 7.58. The van der Waals surface area contributed by atoms with Gasteiger partial charge in [-0.25, -0.2) is 0 Å². The van der Waals surface area contributed by atoms with Crippen LogP contribution in [0.3, 0.4) is 0 Å². The SMILES string of the molecule is Cl.O.O.[B]c1cccc(CN)c1. The van der Waals surface area contributed by atoms with Crippen LogP contribution in [0.2, 0.25) is 0 Å². The second kappa shape index (κ2) is 8.55. The summed E-state index contributed by atoms with van der Waals surface area (Å²) in [5, 5.41) is 0. The van der Waals surface area contributed by atoms with Crippen molar-refractivity contribution in [2.24, 2.45) is 5.73 Å². The Morgan fingerprint density at radius 2 is 1.83 bits per heavy atom. The van der Waals surface area contributed by atoms with Gasteiger partial charge in [-0.05, 0) is 5.56 Å². The largest absolute Gasteiger partial charge is 0.412 e. The van der Waals surface area contributed by atoms with E-state index in [-0.39, 0.29) is 23.4 Å². The average molecular weight is 189 g/mol. The topological polar surface area (TPSA) is 89.0 Å². The van der Waals surface area contributed by atoms with E-state index in [1.54, 1.807) is 0 Å². The highest BCUT2D eigenvalue weighted by atomic mass is 35.5. The van der Waals surface area contributed by atoms with Gasteiger partial charge >= 0.3 is 0 Å². The molecule has 0 heterocycles. The van der Waals surface area contributed by atoms with E-state index < -0.39 is 0 Å². The van der Waals surface area contributed by atoms with Crippen molar-refractivity contribution in [2.45, 2.75) is 6.54 Å². The molecule has 0 spiro atoms. The van der Waals surface area contributed by atoms with Crippen molar-refractivity contribution in [1.82, 2.24) is 0 Å². The van der Waals surface area contributed by atoms with Crippen LogP contribution in [-0.4, -0.2) is 18.8 Å². The molecule has 3 nitrogen and oxygen atoms in total. The van der Waals surface area contributed by atoms with Gasteiger partial charge < -0.3 is 16.7 Å². The van der Waals surface area contributed by atoms with Crippen molar-refractivity contribution >= 4 is 25.7 Å². The maximum absolute atomic E-state index is 5.48. The van der Waals surface area contributed by atoms with Crippen LogP contribution in [0, 0.1) is 0 Å². The smallest absolute Gasteiger partial charge is 0.113 e. The van der Waals surface area contributed by atoms with Gasteiger partial charge in [-0.2, -0.15) is 0 Å². The lowest BCUT2D eigenvalue weighted by Crippen LogP contribution is -2.05. The molecular weight excluding hydrogens is 176 g/mol. The summed E-state index contributed by atoms with van der Waals surface area (Å²) in [7, 11) is 5.48. The quantitative estimate of drug-likeness (QED) is 0.548. The van der Waals surface area contributed by atoms with Crippen molar-refractivity contribution in [3.63, 3.8) is 0 Å². The zero-order valence-electron chi connectivity index (χ0n) is 6.58. The predicted octanol–water partition coefficient (Wildman–Crippen LogP) is -1.29. The number of benzene rings is 1. The summed E-state index contributed by atoms with van der Waals surface area (Å²) < 4.78 is 0. The van der Waals surface area contributed by atoms with E-state index in [0.29, 0.717) is 6.54 Å². The number of hydrogen-bond acceptors (Lipinski definition) is 1. The van der Waals surface area contributed by atoms with Crippen molar-refractivity contribution in [3.05, 3.63) is 29.8 Å². The molecule has 0 atom stereocenters. The van der Waals surface area contributed by atoms with Crippen LogP contribution in [0.25, 0.3) is 0 Å². The maximum atomic E-state index is 5.48. The second-order valence-corrected chi connectivity index (χ2v) is 1.95. The Bertz CT molecular complexity index is 210. The van der Waals surface area contributed by atoms with Gasteiger partial charge in [0.1, 0.15) is 7.85 Å². The maximum Gasteiger partial charge on any atom is 0.113 e. The minimum atomic E-state index is 0. The molecule has 2 radical (unpaired) electrons. The van der Waals surface area contributed by atoms with Crippen LogP contribution in [0.5, 0.6) is 0 Å². The van der Waals surface area contributed by atoms with Crippen LogP contribution < -0.4 is 11.2 Å². The minimum absolute atomic E-state index is 0. The highest BCUT2D eigenvalue weighted by molar-refractivity contribution is 6.32. The molecule has 0 amide bonds. The second-order valence-electron chi connectivity index (χ2n) is 1.95. The Labute approximate surface area is 79.4 Å². The first-order valence-corrected chi connectivity index (χ1v) is 2.87. The van der Waals surface area contributed by atoms with Crippen molar-refractivity contribution in [2.75, 3.05) is 0 Å². The third-order valence-electron chi connectivity index (χ3n) is 1.19. The highest BCUT2D eigenvalue weighted by Gasteiger charge is 1.85. The molecule has 5 heteroatoms. The molecule has 0 aromatic heterocycles. The Hall–Kier alpha value is -0.545. The fourth-order valence-electron chi connectivity index (χ4n) is 0.720. The van der Waals surface area contributed by atoms with Gasteiger partial charge in [0.05, 0.1) is 0 Å². The lowest BCUT2D eigenvalue weighted by molar-refractivity contribution is 0.823. The molecule has 0 aliphatic rings. The van der Waals surface area contributed by atoms with E-state index in [9.17, 15) is 0 Å². The highest BCUT2D eigenvalue weighted by Crippen LogP contribution is 1.91. The average Bonchev–Trinajstić information content (AvgIpc) is 1.88. The molecule has 0 fully saturated rings. The Balaban J connectivity index is -0.000000270. The molecule has 6 N–H and O–H groups in total. The zero-order valence-corrected chi connectivity index (χ0v) is 7.40. The fraction of sp³-hybridized carbons (Fsp3) is 0.143. The molecule has 0 aliphatic heterocycles. The summed E-state index contributed by atoms with van der Waals surface area (Å²) in [6.07, 6.45) is 0. The van der Waals surface area contributed by atoms with Crippen molar-refractivity contribution in [3.8, 4) is 0 Å². The first-order chi connectivity index (χ1) is 4.33. The molecule has 1 aromatic rings. The van der Waals surface area contributed by atoms with Gasteiger partial charge in [-0.15, -0.1) is 12.4 Å². The monoisotopic (exact) mass is 189 g/mol. The molecule has 0 bridgehead atoms. The molecular formula is C7H13BClNO2. The molecule has 12 heavy (non-hydrogen) atoms. The van der Waals surface area contributed by atoms with Gasteiger partial charge in [0.25, 0.3) is 0 Å². The number of nitrogens with two attached hydrogens (primary N) is 1. The van der Waals surface area contributed by atoms with Gasteiger partial charge in [-0.3, -0.25) is 0 Å². The first-order valence-electron chi connectivity index (χ1n) is 2.87. The lowest BCUT2D eigenvalue weighted by Gasteiger charge is -1.95.